The number of carbonyl (C=O) groups excluding carboxylic acids is 1. The highest BCUT2D eigenvalue weighted by molar-refractivity contribution is 5.94. The first-order chi connectivity index (χ1) is 9.08. The number of carboxylic acid groups (broad SMARTS) is 1. The molecule has 0 radical (unpaired) electrons. The molecule has 0 unspecified atom stereocenters. The predicted molar refractivity (Wildman–Crippen MR) is 68.8 cm³/mol. The summed E-state index contributed by atoms with van der Waals surface area (Å²) in [6, 6.07) is 0.0272. The van der Waals surface area contributed by atoms with Crippen molar-refractivity contribution in [2.45, 2.75) is 38.1 Å². The first-order valence-corrected chi connectivity index (χ1v) is 6.58. The van der Waals surface area contributed by atoms with E-state index in [1.165, 1.54) is 4.90 Å². The standard InChI is InChI=1S/C13H19N3O3/c1-15-7-11(14-9-15)13(19)16(8-12(17)18)10-5-3-2-4-6-10/h7,9-10H,2-6,8H2,1H3,(H,17,18). The van der Waals surface area contributed by atoms with Crippen molar-refractivity contribution in [2.24, 2.45) is 7.05 Å². The summed E-state index contributed by atoms with van der Waals surface area (Å²) in [6.45, 7) is -0.250. The smallest absolute Gasteiger partial charge is 0.323 e. The van der Waals surface area contributed by atoms with Crippen molar-refractivity contribution in [1.29, 1.82) is 0 Å². The van der Waals surface area contributed by atoms with Crippen molar-refractivity contribution in [2.75, 3.05) is 6.54 Å². The van der Waals surface area contributed by atoms with Gasteiger partial charge in [-0.05, 0) is 12.8 Å². The minimum absolute atomic E-state index is 0.0272. The average Bonchev–Trinajstić information content (AvgIpc) is 2.83. The quantitative estimate of drug-likeness (QED) is 0.889. The molecule has 1 amide bonds. The molecule has 1 heterocycles. The zero-order valence-corrected chi connectivity index (χ0v) is 11.1. The van der Waals surface area contributed by atoms with E-state index in [2.05, 4.69) is 4.98 Å². The fraction of sp³-hybridized carbons (Fsp3) is 0.615. The SMILES string of the molecule is Cn1cnc(C(=O)N(CC(=O)O)C2CCCCC2)c1. The van der Waals surface area contributed by atoms with Gasteiger partial charge in [-0.3, -0.25) is 9.59 Å². The van der Waals surface area contributed by atoms with Gasteiger partial charge in [-0.15, -0.1) is 0 Å². The fourth-order valence-corrected chi connectivity index (χ4v) is 2.58. The van der Waals surface area contributed by atoms with Gasteiger partial charge >= 0.3 is 5.97 Å². The molecule has 6 nitrogen and oxygen atoms in total. The molecule has 0 atom stereocenters. The Hall–Kier alpha value is -1.85. The first-order valence-electron chi connectivity index (χ1n) is 6.58. The van der Waals surface area contributed by atoms with E-state index in [0.29, 0.717) is 5.69 Å². The zero-order valence-electron chi connectivity index (χ0n) is 11.1. The molecule has 1 aliphatic rings. The van der Waals surface area contributed by atoms with Gasteiger partial charge in [0.2, 0.25) is 0 Å². The molecule has 1 saturated carbocycles. The lowest BCUT2D eigenvalue weighted by atomic mass is 9.94. The Morgan fingerprint density at radius 1 is 1.42 bits per heavy atom. The lowest BCUT2D eigenvalue weighted by molar-refractivity contribution is -0.138. The van der Waals surface area contributed by atoms with Gasteiger partial charge in [-0.2, -0.15) is 0 Å². The second-order valence-corrected chi connectivity index (χ2v) is 5.04. The van der Waals surface area contributed by atoms with E-state index in [1.54, 1.807) is 24.1 Å². The van der Waals surface area contributed by atoms with Crippen LogP contribution in [0.25, 0.3) is 0 Å². The van der Waals surface area contributed by atoms with Crippen molar-refractivity contribution < 1.29 is 14.7 Å². The van der Waals surface area contributed by atoms with Crippen molar-refractivity contribution in [3.8, 4) is 0 Å². The molecule has 104 valence electrons. The number of amides is 1. The Balaban J connectivity index is 2.16. The van der Waals surface area contributed by atoms with E-state index in [9.17, 15) is 9.59 Å². The van der Waals surface area contributed by atoms with Crippen molar-refractivity contribution in [1.82, 2.24) is 14.5 Å². The number of nitrogens with zero attached hydrogens (tertiary/aromatic N) is 3. The lowest BCUT2D eigenvalue weighted by Gasteiger charge is -2.32. The van der Waals surface area contributed by atoms with Gasteiger partial charge in [0, 0.05) is 19.3 Å². The normalized spacial score (nSPS) is 16.3. The summed E-state index contributed by atoms with van der Waals surface area (Å²) in [7, 11) is 1.78. The molecular formula is C13H19N3O3. The molecule has 0 bridgehead atoms. The van der Waals surface area contributed by atoms with Gasteiger partial charge in [0.25, 0.3) is 5.91 Å². The van der Waals surface area contributed by atoms with E-state index >= 15 is 0 Å². The van der Waals surface area contributed by atoms with Crippen LogP contribution in [-0.2, 0) is 11.8 Å². The van der Waals surface area contributed by atoms with Crippen LogP contribution in [0.3, 0.4) is 0 Å². The van der Waals surface area contributed by atoms with Crippen LogP contribution in [0.1, 0.15) is 42.6 Å². The number of aromatic nitrogens is 2. The lowest BCUT2D eigenvalue weighted by Crippen LogP contribution is -2.44. The van der Waals surface area contributed by atoms with Gasteiger partial charge in [-0.25, -0.2) is 4.98 Å². The van der Waals surface area contributed by atoms with Crippen molar-refractivity contribution >= 4 is 11.9 Å². The Bertz CT molecular complexity index is 463. The molecule has 0 aromatic carbocycles. The second kappa shape index (κ2) is 5.86. The zero-order chi connectivity index (χ0) is 13.8. The van der Waals surface area contributed by atoms with E-state index in [-0.39, 0.29) is 18.5 Å². The number of rotatable bonds is 4. The van der Waals surface area contributed by atoms with Crippen LogP contribution in [0, 0.1) is 0 Å². The molecule has 1 N–H and O–H groups in total. The van der Waals surface area contributed by atoms with Crippen LogP contribution in [-0.4, -0.2) is 44.0 Å². The maximum Gasteiger partial charge on any atom is 0.323 e. The number of aryl methyl sites for hydroxylation is 1. The largest absolute Gasteiger partial charge is 0.480 e. The summed E-state index contributed by atoms with van der Waals surface area (Å²) in [5.41, 5.74) is 0.314. The molecule has 0 spiro atoms. The third-order valence-electron chi connectivity index (χ3n) is 3.51. The van der Waals surface area contributed by atoms with Crippen LogP contribution >= 0.6 is 0 Å². The van der Waals surface area contributed by atoms with E-state index in [0.717, 1.165) is 32.1 Å². The number of carbonyl (C=O) groups is 2. The highest BCUT2D eigenvalue weighted by Crippen LogP contribution is 2.23. The third-order valence-corrected chi connectivity index (χ3v) is 3.51. The van der Waals surface area contributed by atoms with Gasteiger partial charge in [0.1, 0.15) is 12.2 Å². The monoisotopic (exact) mass is 265 g/mol. The molecule has 0 saturated heterocycles. The molecule has 2 rings (SSSR count). The summed E-state index contributed by atoms with van der Waals surface area (Å²) in [4.78, 5) is 28.8. The first kappa shape index (κ1) is 13.6. The summed E-state index contributed by atoms with van der Waals surface area (Å²) >= 11 is 0. The van der Waals surface area contributed by atoms with E-state index < -0.39 is 5.97 Å². The number of aliphatic carboxylic acids is 1. The topological polar surface area (TPSA) is 75.4 Å². The summed E-state index contributed by atoms with van der Waals surface area (Å²) in [6.07, 6.45) is 8.20. The maximum atomic E-state index is 12.4. The molecule has 19 heavy (non-hydrogen) atoms. The highest BCUT2D eigenvalue weighted by Gasteiger charge is 2.28. The van der Waals surface area contributed by atoms with Crippen LogP contribution in [0.15, 0.2) is 12.5 Å². The third kappa shape index (κ3) is 3.33. The molecule has 1 aliphatic carbocycles. The summed E-state index contributed by atoms with van der Waals surface area (Å²) in [5.74, 6) is -1.26. The number of hydrogen-bond donors (Lipinski definition) is 1. The van der Waals surface area contributed by atoms with Crippen LogP contribution < -0.4 is 0 Å². The van der Waals surface area contributed by atoms with E-state index in [4.69, 9.17) is 5.11 Å². The number of hydrogen-bond acceptors (Lipinski definition) is 3. The Morgan fingerprint density at radius 2 is 2.11 bits per heavy atom. The second-order valence-electron chi connectivity index (χ2n) is 5.04. The van der Waals surface area contributed by atoms with Crippen LogP contribution in [0.5, 0.6) is 0 Å². The Kier molecular flexibility index (Phi) is 4.19. The maximum absolute atomic E-state index is 12.4. The van der Waals surface area contributed by atoms with Gasteiger partial charge in [0.05, 0.1) is 6.33 Å². The summed E-state index contributed by atoms with van der Waals surface area (Å²) in [5, 5.41) is 9.00. The summed E-state index contributed by atoms with van der Waals surface area (Å²) < 4.78 is 1.69. The van der Waals surface area contributed by atoms with Gasteiger partial charge in [0.15, 0.2) is 0 Å². The average molecular weight is 265 g/mol. The molecule has 1 aromatic heterocycles. The van der Waals surface area contributed by atoms with Crippen molar-refractivity contribution in [3.05, 3.63) is 18.2 Å². The Labute approximate surface area is 112 Å². The molecule has 1 fully saturated rings. The van der Waals surface area contributed by atoms with Crippen LogP contribution in [0.2, 0.25) is 0 Å². The highest BCUT2D eigenvalue weighted by atomic mass is 16.4. The minimum Gasteiger partial charge on any atom is -0.480 e. The van der Waals surface area contributed by atoms with Crippen LogP contribution in [0.4, 0.5) is 0 Å². The van der Waals surface area contributed by atoms with E-state index in [1.807, 2.05) is 0 Å². The minimum atomic E-state index is -0.977. The molecule has 0 aliphatic heterocycles. The molecule has 6 heteroatoms. The molecule has 1 aromatic rings. The molecular weight excluding hydrogens is 246 g/mol. The fourth-order valence-electron chi connectivity index (χ4n) is 2.58. The predicted octanol–water partition coefficient (Wildman–Crippen LogP) is 1.28. The van der Waals surface area contributed by atoms with Crippen molar-refractivity contribution in [3.63, 3.8) is 0 Å². The number of imidazole rings is 1. The number of carboxylic acids is 1. The Morgan fingerprint density at radius 3 is 2.63 bits per heavy atom. The van der Waals surface area contributed by atoms with Gasteiger partial charge in [-0.1, -0.05) is 19.3 Å². The van der Waals surface area contributed by atoms with Gasteiger partial charge < -0.3 is 14.6 Å².